The Balaban J connectivity index is 1.94. The average Bonchev–Trinajstić information content (AvgIpc) is 3.11. The van der Waals surface area contributed by atoms with Gasteiger partial charge in [0.1, 0.15) is 43.2 Å². The third-order valence-electron chi connectivity index (χ3n) is 7.63. The lowest BCUT2D eigenvalue weighted by atomic mass is 10.1. The summed E-state index contributed by atoms with van der Waals surface area (Å²) in [6.45, 7) is -2.18. The molecule has 0 radical (unpaired) electrons. The second kappa shape index (κ2) is 17.7. The number of fused-ring (bicyclic) bond motifs is 1. The third-order valence-corrected chi connectivity index (χ3v) is 14.5. The number of phenols is 1. The number of benzene rings is 4. The van der Waals surface area contributed by atoms with Crippen LogP contribution in [-0.4, -0.2) is 119 Å². The van der Waals surface area contributed by atoms with Gasteiger partial charge in [0, 0.05) is 0 Å². The minimum Gasteiger partial charge on any atom is -0.505 e. The second-order valence-corrected chi connectivity index (χ2v) is 22.3. The molecule has 0 fully saturated rings. The minimum atomic E-state index is -5.49. The number of rotatable bonds is 18. The number of phenolic OH excluding ortho intramolecular Hbond substituents is 1. The highest BCUT2D eigenvalue weighted by atomic mass is 32.3. The van der Waals surface area contributed by atoms with E-state index in [0.29, 0.717) is 30.3 Å². The number of nitrogens with two attached hydrogens (primary N) is 1. The van der Waals surface area contributed by atoms with Gasteiger partial charge in [-0.3, -0.25) is 22.8 Å². The van der Waals surface area contributed by atoms with Crippen LogP contribution in [-0.2, 0) is 79.2 Å². The van der Waals surface area contributed by atoms with Crippen molar-refractivity contribution in [2.45, 2.75) is 24.5 Å². The molecule has 28 nitrogen and oxygen atoms in total. The molecule has 0 aliphatic carbocycles. The van der Waals surface area contributed by atoms with Crippen molar-refractivity contribution < 1.29 is 99.9 Å². The molecule has 4 aromatic rings. The summed E-state index contributed by atoms with van der Waals surface area (Å²) in [5, 5.41) is 24.2. The summed E-state index contributed by atoms with van der Waals surface area (Å²) in [6.07, 6.45) is 0. The molecular weight excluding hydrogens is 987 g/mol. The molecule has 340 valence electrons. The van der Waals surface area contributed by atoms with E-state index >= 15 is 0 Å². The summed E-state index contributed by atoms with van der Waals surface area (Å²) in [5.74, 6) is -3.75. The first-order valence-electron chi connectivity index (χ1n) is 15.6. The fourth-order valence-electron chi connectivity index (χ4n) is 4.96. The van der Waals surface area contributed by atoms with Crippen molar-refractivity contribution in [2.24, 2.45) is 20.5 Å². The van der Waals surface area contributed by atoms with Gasteiger partial charge in [-0.15, -0.1) is 20.5 Å². The van der Waals surface area contributed by atoms with Gasteiger partial charge in [-0.1, -0.05) is 0 Å². The molecule has 0 amide bonds. The first-order valence-corrected chi connectivity index (χ1v) is 25.9. The van der Waals surface area contributed by atoms with Crippen LogP contribution in [0.25, 0.3) is 10.8 Å². The van der Waals surface area contributed by atoms with Crippen LogP contribution in [0.15, 0.2) is 93.5 Å². The maximum atomic E-state index is 12.8. The number of aromatic hydroxyl groups is 1. The van der Waals surface area contributed by atoms with Crippen molar-refractivity contribution in [1.29, 1.82) is 0 Å². The van der Waals surface area contributed by atoms with Crippen LogP contribution in [0, 0.1) is 0 Å². The van der Waals surface area contributed by atoms with E-state index in [1.54, 1.807) is 0 Å². The highest BCUT2D eigenvalue weighted by Crippen LogP contribution is 2.49. The molecule has 35 heteroatoms. The van der Waals surface area contributed by atoms with E-state index in [-0.39, 0.29) is 5.75 Å². The molecule has 62 heavy (non-hydrogen) atoms. The van der Waals surface area contributed by atoms with Crippen LogP contribution >= 0.6 is 0 Å². The van der Waals surface area contributed by atoms with E-state index in [9.17, 15) is 77.7 Å². The highest BCUT2D eigenvalue weighted by molar-refractivity contribution is 7.92. The van der Waals surface area contributed by atoms with Gasteiger partial charge in [0.25, 0.3) is 30.4 Å². The summed E-state index contributed by atoms with van der Waals surface area (Å²) < 4.78 is 229. The number of sulfone groups is 2. The van der Waals surface area contributed by atoms with E-state index in [0.717, 1.165) is 25.3 Å². The largest absolute Gasteiger partial charge is 0.505 e. The van der Waals surface area contributed by atoms with Crippen molar-refractivity contribution in [3.8, 4) is 11.5 Å². The number of methoxy groups -OCH3 is 1. The van der Waals surface area contributed by atoms with Crippen LogP contribution in [0.1, 0.15) is 0 Å². The molecule has 0 heterocycles. The molecular formula is C27H27N5O23S7. The van der Waals surface area contributed by atoms with Crippen LogP contribution < -0.4 is 10.5 Å². The Bertz CT molecular complexity index is 3360. The zero-order valence-corrected chi connectivity index (χ0v) is 36.0. The van der Waals surface area contributed by atoms with Crippen molar-refractivity contribution in [1.82, 2.24) is 0 Å². The number of hydrogen-bond donors (Lipinski definition) is 7. The maximum Gasteiger partial charge on any atom is 0.397 e. The maximum absolute atomic E-state index is 12.8. The predicted molar refractivity (Wildman–Crippen MR) is 206 cm³/mol. The van der Waals surface area contributed by atoms with Crippen molar-refractivity contribution in [3.05, 3.63) is 48.5 Å². The summed E-state index contributed by atoms with van der Waals surface area (Å²) >= 11 is 0. The number of ether oxygens (including phenoxy) is 1. The Morgan fingerprint density at radius 1 is 0.548 bits per heavy atom. The van der Waals surface area contributed by atoms with Crippen LogP contribution in [0.5, 0.6) is 11.5 Å². The fourth-order valence-corrected chi connectivity index (χ4v) is 10.0. The summed E-state index contributed by atoms with van der Waals surface area (Å²) in [6, 6.07) is 5.27. The first kappa shape index (κ1) is 49.8. The Hall–Kier alpha value is -4.89. The summed E-state index contributed by atoms with van der Waals surface area (Å²) in [4.78, 5) is -5.39. The van der Waals surface area contributed by atoms with E-state index in [1.807, 2.05) is 0 Å². The average molecular weight is 1010 g/mol. The summed E-state index contributed by atoms with van der Waals surface area (Å²) in [7, 11) is -34.5. The van der Waals surface area contributed by atoms with E-state index < -0.39 is 165 Å². The van der Waals surface area contributed by atoms with Crippen LogP contribution in [0.4, 0.5) is 28.4 Å². The van der Waals surface area contributed by atoms with E-state index in [4.69, 9.17) is 19.6 Å². The minimum absolute atomic E-state index is 0.253. The molecule has 0 saturated carbocycles. The lowest BCUT2D eigenvalue weighted by molar-refractivity contribution is 0.282. The van der Waals surface area contributed by atoms with Crippen molar-refractivity contribution >= 4 is 110 Å². The van der Waals surface area contributed by atoms with Crippen LogP contribution in [0.2, 0.25) is 0 Å². The van der Waals surface area contributed by atoms with Gasteiger partial charge in [-0.05, 0) is 53.9 Å². The van der Waals surface area contributed by atoms with Gasteiger partial charge in [-0.25, -0.2) is 25.2 Å². The lowest BCUT2D eigenvalue weighted by Gasteiger charge is -2.14. The predicted octanol–water partition coefficient (Wildman–Crippen LogP) is 1.89. The zero-order chi connectivity index (χ0) is 47.0. The van der Waals surface area contributed by atoms with Crippen molar-refractivity contribution in [3.63, 3.8) is 0 Å². The SMILES string of the molecule is COc1ccc(S(=O)(=O)CCOS(=O)(=O)O)cc1N=Nc1c(S(=O)(=O)O)cc2cc(S(=O)(=O)O)c(N=Nc3ccc(S(=O)(=O)CCOS(=O)(=O)O)cc3S(=O)(=O)O)c(N)c2c1O. The number of nitrogen functional groups attached to an aromatic ring is 1. The fraction of sp³-hybridized carbons (Fsp3) is 0.185. The normalized spacial score (nSPS) is 13.6. The van der Waals surface area contributed by atoms with E-state index in [1.165, 1.54) is 0 Å². The highest BCUT2D eigenvalue weighted by Gasteiger charge is 2.29. The molecule has 0 aliphatic heterocycles. The topological polar surface area (TPSA) is 464 Å². The number of hydrogen-bond acceptors (Lipinski definition) is 23. The molecule has 4 aromatic carbocycles. The molecule has 8 N–H and O–H groups in total. The monoisotopic (exact) mass is 1010 g/mol. The van der Waals surface area contributed by atoms with Crippen LogP contribution in [0.3, 0.4) is 0 Å². The smallest absolute Gasteiger partial charge is 0.397 e. The molecule has 0 aromatic heterocycles. The van der Waals surface area contributed by atoms with Gasteiger partial charge in [-0.2, -0.15) is 42.1 Å². The summed E-state index contributed by atoms with van der Waals surface area (Å²) in [5.41, 5.74) is 1.38. The Labute approximate surface area is 350 Å². The molecule has 0 atom stereocenters. The van der Waals surface area contributed by atoms with E-state index in [2.05, 4.69) is 28.8 Å². The molecule has 0 unspecified atom stereocenters. The molecule has 0 spiro atoms. The van der Waals surface area contributed by atoms with Gasteiger partial charge < -0.3 is 15.6 Å². The number of azo groups is 2. The molecule has 4 rings (SSSR count). The molecule has 0 bridgehead atoms. The quantitative estimate of drug-likeness (QED) is 0.0425. The van der Waals surface area contributed by atoms with Gasteiger partial charge in [0.2, 0.25) is 0 Å². The molecule has 0 saturated heterocycles. The van der Waals surface area contributed by atoms with Crippen molar-refractivity contribution in [2.75, 3.05) is 37.6 Å². The number of anilines is 1. The second-order valence-electron chi connectivity index (χ2n) is 11.7. The van der Waals surface area contributed by atoms with Gasteiger partial charge >= 0.3 is 20.8 Å². The first-order chi connectivity index (χ1) is 28.2. The Kier molecular flexibility index (Phi) is 14.2. The van der Waals surface area contributed by atoms with Gasteiger partial charge in [0.15, 0.2) is 25.4 Å². The van der Waals surface area contributed by atoms with Gasteiger partial charge in [0.05, 0.1) is 52.7 Å². The zero-order valence-electron chi connectivity index (χ0n) is 30.3. The standard InChI is InChI=1S/C27H27N5O23S7/c1-53-19-5-3-15(56(34,35)8-6-54-61(47,48)49)12-18(19)30-32-26-22(60(44,45)46)11-14-10-21(59(41,42)43)25(24(28)23(14)27(26)33)31-29-17-4-2-16(13-20(17)58(38,39)40)57(36,37)9-7-55-62(50,51)52/h2-5,10-13,33H,6-9,28H2,1H3,(H,38,39,40)(H,41,42,43)(H,44,45,46)(H,47,48,49)(H,50,51,52). The Morgan fingerprint density at radius 2 is 0.984 bits per heavy atom. The molecule has 0 aliphatic rings. The number of nitrogens with zero attached hydrogens (tertiary/aromatic N) is 4. The lowest BCUT2D eigenvalue weighted by Crippen LogP contribution is -2.16. The Morgan fingerprint density at radius 3 is 1.45 bits per heavy atom. The third kappa shape index (κ3) is 12.2.